The first-order chi connectivity index (χ1) is 11.6. The molecule has 2 aliphatic heterocycles. The molecule has 1 aromatic carbocycles. The van der Waals surface area contributed by atoms with E-state index in [4.69, 9.17) is 9.47 Å². The molecule has 4 rings (SSSR count). The van der Waals surface area contributed by atoms with Crippen LogP contribution in [0, 0.1) is 5.41 Å². The van der Waals surface area contributed by atoms with Crippen molar-refractivity contribution in [2.45, 2.75) is 43.6 Å². The molecule has 0 radical (unpaired) electrons. The van der Waals surface area contributed by atoms with E-state index in [-0.39, 0.29) is 5.41 Å². The fourth-order valence-corrected chi connectivity index (χ4v) is 5.57. The van der Waals surface area contributed by atoms with E-state index in [0.717, 1.165) is 11.5 Å². The Kier molecular flexibility index (Phi) is 4.00. The molecule has 1 spiro atoms. The highest BCUT2D eigenvalue weighted by atomic mass is 16.5. The summed E-state index contributed by atoms with van der Waals surface area (Å²) in [7, 11) is 5.76. The van der Waals surface area contributed by atoms with Crippen LogP contribution in [0.15, 0.2) is 18.2 Å². The Bertz CT molecular complexity index is 612. The Morgan fingerprint density at radius 1 is 1.08 bits per heavy atom. The minimum Gasteiger partial charge on any atom is -0.493 e. The van der Waals surface area contributed by atoms with Gasteiger partial charge >= 0.3 is 0 Å². The third-order valence-electron chi connectivity index (χ3n) is 7.10. The normalized spacial score (nSPS) is 36.0. The average Bonchev–Trinajstić information content (AvgIpc) is 3.21. The zero-order chi connectivity index (χ0) is 16.8. The molecule has 2 heterocycles. The van der Waals surface area contributed by atoms with Gasteiger partial charge in [0, 0.05) is 18.0 Å². The second kappa shape index (κ2) is 5.92. The van der Waals surface area contributed by atoms with Crippen LogP contribution in [-0.4, -0.2) is 51.8 Å². The number of ether oxygens (including phenoxy) is 2. The lowest BCUT2D eigenvalue weighted by molar-refractivity contribution is 0.0818. The predicted octanol–water partition coefficient (Wildman–Crippen LogP) is 2.81. The van der Waals surface area contributed by atoms with Gasteiger partial charge in [-0.25, -0.2) is 0 Å². The van der Waals surface area contributed by atoms with Crippen molar-refractivity contribution >= 4 is 0 Å². The molecule has 4 nitrogen and oxygen atoms in total. The fraction of sp³-hybridized carbons (Fsp3) is 0.700. The maximum atomic E-state index is 5.58. The number of fused-ring (bicyclic) bond motifs is 1. The summed E-state index contributed by atoms with van der Waals surface area (Å²) in [4.78, 5) is 2.61. The first kappa shape index (κ1) is 16.2. The second-order valence-electron chi connectivity index (χ2n) is 8.10. The van der Waals surface area contributed by atoms with Crippen molar-refractivity contribution in [2.75, 3.05) is 40.9 Å². The van der Waals surface area contributed by atoms with Crippen LogP contribution in [0.3, 0.4) is 0 Å². The third kappa shape index (κ3) is 2.34. The van der Waals surface area contributed by atoms with Crippen LogP contribution in [0.25, 0.3) is 0 Å². The molecular formula is C20H30N2O2. The topological polar surface area (TPSA) is 33.7 Å². The van der Waals surface area contributed by atoms with Crippen molar-refractivity contribution < 1.29 is 9.47 Å². The smallest absolute Gasteiger partial charge is 0.161 e. The van der Waals surface area contributed by atoms with Gasteiger partial charge in [0.15, 0.2) is 11.5 Å². The van der Waals surface area contributed by atoms with Crippen molar-refractivity contribution in [1.29, 1.82) is 0 Å². The molecule has 1 saturated carbocycles. The summed E-state index contributed by atoms with van der Waals surface area (Å²) in [6, 6.07) is 7.23. The summed E-state index contributed by atoms with van der Waals surface area (Å²) in [5.41, 5.74) is 2.25. The zero-order valence-corrected chi connectivity index (χ0v) is 15.2. The molecule has 2 saturated heterocycles. The molecule has 1 aromatic rings. The molecule has 3 atom stereocenters. The number of hydrogen-bond acceptors (Lipinski definition) is 4. The SMILES string of the molecule is COc1ccc(C23CCN(C)C2CC2(CCNC2)CC3)cc1OC. The van der Waals surface area contributed by atoms with Gasteiger partial charge < -0.3 is 19.7 Å². The van der Waals surface area contributed by atoms with Crippen molar-refractivity contribution in [2.24, 2.45) is 5.41 Å². The van der Waals surface area contributed by atoms with Gasteiger partial charge in [0.25, 0.3) is 0 Å². The number of likely N-dealkylation sites (N-methyl/N-ethyl adjacent to an activating group) is 1. The van der Waals surface area contributed by atoms with Gasteiger partial charge in [0.1, 0.15) is 0 Å². The summed E-state index contributed by atoms with van der Waals surface area (Å²) in [6.45, 7) is 3.60. The maximum absolute atomic E-state index is 5.58. The Morgan fingerprint density at radius 2 is 1.92 bits per heavy atom. The Hall–Kier alpha value is -1.26. The highest BCUT2D eigenvalue weighted by Gasteiger charge is 2.54. The molecule has 4 heteroatoms. The minimum atomic E-state index is 0.280. The highest BCUT2D eigenvalue weighted by molar-refractivity contribution is 5.46. The number of nitrogens with zero attached hydrogens (tertiary/aromatic N) is 1. The second-order valence-corrected chi connectivity index (χ2v) is 8.10. The summed E-state index contributed by atoms with van der Waals surface area (Å²) in [5.74, 6) is 1.69. The van der Waals surface area contributed by atoms with Crippen molar-refractivity contribution in [3.8, 4) is 11.5 Å². The van der Waals surface area contributed by atoms with E-state index >= 15 is 0 Å². The quantitative estimate of drug-likeness (QED) is 0.924. The summed E-state index contributed by atoms with van der Waals surface area (Å²) in [5, 5.41) is 3.61. The molecule has 1 N–H and O–H groups in total. The standard InChI is InChI=1S/C20H30N2O2/c1-22-11-9-20(15-4-5-16(23-2)17(12-15)24-3)7-6-19(13-18(20)22)8-10-21-14-19/h4-5,12,18,21H,6-11,13-14H2,1-3H3. The van der Waals surface area contributed by atoms with E-state index in [0.29, 0.717) is 11.5 Å². The van der Waals surface area contributed by atoms with Gasteiger partial charge in [0.05, 0.1) is 14.2 Å². The molecule has 24 heavy (non-hydrogen) atoms. The van der Waals surface area contributed by atoms with E-state index in [1.165, 1.54) is 57.3 Å². The molecule has 1 aliphatic carbocycles. The van der Waals surface area contributed by atoms with E-state index in [2.05, 4.69) is 35.5 Å². The largest absolute Gasteiger partial charge is 0.493 e. The van der Waals surface area contributed by atoms with Crippen LogP contribution in [0.5, 0.6) is 11.5 Å². The molecule has 0 aromatic heterocycles. The van der Waals surface area contributed by atoms with Crippen LogP contribution < -0.4 is 14.8 Å². The van der Waals surface area contributed by atoms with Crippen LogP contribution in [0.4, 0.5) is 0 Å². The van der Waals surface area contributed by atoms with Crippen molar-refractivity contribution in [3.05, 3.63) is 23.8 Å². The lowest BCUT2D eigenvalue weighted by Gasteiger charge is -2.49. The average molecular weight is 330 g/mol. The number of methoxy groups -OCH3 is 2. The van der Waals surface area contributed by atoms with E-state index in [1.807, 2.05) is 0 Å². The lowest BCUT2D eigenvalue weighted by atomic mass is 9.58. The van der Waals surface area contributed by atoms with Gasteiger partial charge in [-0.05, 0) is 75.4 Å². The third-order valence-corrected chi connectivity index (χ3v) is 7.10. The van der Waals surface area contributed by atoms with E-state index in [9.17, 15) is 0 Å². The number of nitrogens with one attached hydrogen (secondary N) is 1. The Morgan fingerprint density at radius 3 is 2.62 bits per heavy atom. The summed E-state index contributed by atoms with van der Waals surface area (Å²) in [6.07, 6.45) is 6.56. The number of rotatable bonds is 3. The molecule has 0 amide bonds. The zero-order valence-electron chi connectivity index (χ0n) is 15.2. The van der Waals surface area contributed by atoms with Crippen LogP contribution in [0.2, 0.25) is 0 Å². The molecular weight excluding hydrogens is 300 g/mol. The number of hydrogen-bond donors (Lipinski definition) is 1. The van der Waals surface area contributed by atoms with Crippen LogP contribution in [-0.2, 0) is 5.41 Å². The molecule has 3 fully saturated rings. The van der Waals surface area contributed by atoms with Crippen molar-refractivity contribution in [3.63, 3.8) is 0 Å². The minimum absolute atomic E-state index is 0.280. The van der Waals surface area contributed by atoms with Gasteiger partial charge in [0.2, 0.25) is 0 Å². The van der Waals surface area contributed by atoms with E-state index in [1.54, 1.807) is 14.2 Å². The Labute approximate surface area is 145 Å². The van der Waals surface area contributed by atoms with E-state index < -0.39 is 0 Å². The first-order valence-electron chi connectivity index (χ1n) is 9.26. The van der Waals surface area contributed by atoms with Gasteiger partial charge in [-0.1, -0.05) is 6.07 Å². The monoisotopic (exact) mass is 330 g/mol. The Balaban J connectivity index is 1.70. The molecule has 3 unspecified atom stereocenters. The summed E-state index contributed by atoms with van der Waals surface area (Å²) >= 11 is 0. The number of benzene rings is 1. The molecule has 0 bridgehead atoms. The van der Waals surface area contributed by atoms with Gasteiger partial charge in [-0.3, -0.25) is 0 Å². The molecule has 132 valence electrons. The highest BCUT2D eigenvalue weighted by Crippen LogP contribution is 2.55. The number of likely N-dealkylation sites (tertiary alicyclic amines) is 1. The van der Waals surface area contributed by atoms with Crippen LogP contribution >= 0.6 is 0 Å². The first-order valence-corrected chi connectivity index (χ1v) is 9.26. The van der Waals surface area contributed by atoms with Crippen LogP contribution in [0.1, 0.15) is 37.7 Å². The van der Waals surface area contributed by atoms with Gasteiger partial charge in [-0.15, -0.1) is 0 Å². The predicted molar refractivity (Wildman–Crippen MR) is 96.0 cm³/mol. The fourth-order valence-electron chi connectivity index (χ4n) is 5.57. The lowest BCUT2D eigenvalue weighted by Crippen LogP contribution is -2.50. The van der Waals surface area contributed by atoms with Crippen molar-refractivity contribution in [1.82, 2.24) is 10.2 Å². The molecule has 3 aliphatic rings. The maximum Gasteiger partial charge on any atom is 0.161 e. The van der Waals surface area contributed by atoms with Gasteiger partial charge in [-0.2, -0.15) is 0 Å². The summed E-state index contributed by atoms with van der Waals surface area (Å²) < 4.78 is 11.0.